The minimum atomic E-state index is -3.27. The molecule has 1 aliphatic heterocycles. The molecule has 248 valence electrons. The molecule has 3 amide bonds. The topological polar surface area (TPSA) is 148 Å². The molecule has 3 heterocycles. The van der Waals surface area contributed by atoms with Gasteiger partial charge in [0.25, 0.3) is 11.8 Å². The molecule has 1 aromatic carbocycles. The van der Waals surface area contributed by atoms with E-state index in [4.69, 9.17) is 4.74 Å². The van der Waals surface area contributed by atoms with Crippen LogP contribution in [0.4, 0.5) is 25.1 Å². The van der Waals surface area contributed by atoms with Gasteiger partial charge in [0.2, 0.25) is 5.92 Å². The molecular weight excluding hydrogens is 620 g/mol. The van der Waals surface area contributed by atoms with E-state index < -0.39 is 45.7 Å². The number of rotatable bonds is 7. The molecular formula is C31H39F2N7O5S. The summed E-state index contributed by atoms with van der Waals surface area (Å²) < 4.78 is 52.4. The first-order valence-electron chi connectivity index (χ1n) is 14.7. The van der Waals surface area contributed by atoms with Crippen molar-refractivity contribution in [1.82, 2.24) is 20.1 Å². The van der Waals surface area contributed by atoms with Gasteiger partial charge in [-0.1, -0.05) is 6.07 Å². The Hall–Kier alpha value is -4.40. The first-order valence-corrected chi connectivity index (χ1v) is 16.6. The zero-order valence-corrected chi connectivity index (χ0v) is 27.5. The van der Waals surface area contributed by atoms with Crippen LogP contribution in [0.15, 0.2) is 52.1 Å². The predicted molar refractivity (Wildman–Crippen MR) is 171 cm³/mol. The first-order chi connectivity index (χ1) is 21.4. The lowest BCUT2D eigenvalue weighted by molar-refractivity contribution is -0.116. The van der Waals surface area contributed by atoms with E-state index in [0.717, 1.165) is 5.56 Å². The molecule has 1 aliphatic rings. The van der Waals surface area contributed by atoms with Crippen LogP contribution < -0.4 is 15.5 Å². The molecule has 15 heteroatoms. The number of amides is 3. The van der Waals surface area contributed by atoms with Gasteiger partial charge in [-0.05, 0) is 57.9 Å². The van der Waals surface area contributed by atoms with Gasteiger partial charge in [0.15, 0.2) is 0 Å². The van der Waals surface area contributed by atoms with Crippen molar-refractivity contribution in [1.29, 1.82) is 0 Å². The third-order valence-electron chi connectivity index (χ3n) is 7.17. The maximum Gasteiger partial charge on any atom is 0.408 e. The normalized spacial score (nSPS) is 16.1. The van der Waals surface area contributed by atoms with E-state index in [1.54, 1.807) is 75.0 Å². The van der Waals surface area contributed by atoms with E-state index >= 15 is 0 Å². The highest BCUT2D eigenvalue weighted by Gasteiger charge is 2.34. The summed E-state index contributed by atoms with van der Waals surface area (Å²) in [6.45, 7) is 6.61. The average molecular weight is 660 g/mol. The fourth-order valence-electron chi connectivity index (χ4n) is 4.97. The van der Waals surface area contributed by atoms with Crippen LogP contribution in [-0.4, -0.2) is 74.3 Å². The van der Waals surface area contributed by atoms with E-state index in [2.05, 4.69) is 25.1 Å². The molecule has 12 nitrogen and oxygen atoms in total. The zero-order valence-electron chi connectivity index (χ0n) is 26.7. The minimum Gasteiger partial charge on any atom is -0.444 e. The van der Waals surface area contributed by atoms with Crippen molar-refractivity contribution in [3.63, 3.8) is 0 Å². The second-order valence-electron chi connectivity index (χ2n) is 12.2. The van der Waals surface area contributed by atoms with E-state index in [9.17, 15) is 27.4 Å². The van der Waals surface area contributed by atoms with Crippen molar-refractivity contribution in [3.05, 3.63) is 54.0 Å². The molecule has 1 fully saturated rings. The third kappa shape index (κ3) is 8.86. The molecule has 0 radical (unpaired) electrons. The van der Waals surface area contributed by atoms with Crippen LogP contribution in [0, 0.1) is 6.92 Å². The van der Waals surface area contributed by atoms with Crippen LogP contribution in [0.2, 0.25) is 0 Å². The number of carbonyl (C=O) groups is 3. The Morgan fingerprint density at radius 1 is 1.15 bits per heavy atom. The maximum atomic E-state index is 14.2. The number of alkyl carbamates (subject to hydrolysis) is 1. The largest absolute Gasteiger partial charge is 0.444 e. The SMILES string of the molecule is Cc1c(-c2cnn(C)c2)cnc(N2CCCC(F)(F)CC2)c1C(=O)Nc1cccc([S@@](C)(=O)=NC(=O)CNC(=O)OC(C)(C)C)c1. The summed E-state index contributed by atoms with van der Waals surface area (Å²) >= 11 is 0. The fraction of sp³-hybridized carbons (Fsp3) is 0.452. The molecule has 2 aromatic heterocycles. The molecule has 0 spiro atoms. The van der Waals surface area contributed by atoms with Gasteiger partial charge >= 0.3 is 6.09 Å². The molecule has 1 saturated heterocycles. The smallest absolute Gasteiger partial charge is 0.408 e. The number of aryl methyl sites for hydroxylation is 1. The van der Waals surface area contributed by atoms with Crippen LogP contribution in [0.25, 0.3) is 11.1 Å². The van der Waals surface area contributed by atoms with Crippen LogP contribution in [-0.2, 0) is 26.3 Å². The lowest BCUT2D eigenvalue weighted by atomic mass is 9.99. The standard InChI is InChI=1S/C31H39F2N7O5S/c1-20-24(21-16-36-39(5)19-21)17-34-27(40-13-8-11-31(32,33)12-14-40)26(20)28(42)37-22-9-7-10-23(15-22)46(6,44)38-25(41)18-35-29(43)45-30(2,3)4/h7,9-10,15-17,19H,8,11-14,18H2,1-6H3,(H,35,43)(H,37,42)/t46-/m1/s1. The molecule has 2 N–H and O–H groups in total. The highest BCUT2D eigenvalue weighted by molar-refractivity contribution is 7.93. The Balaban J connectivity index is 1.62. The number of alkyl halides is 2. The summed E-state index contributed by atoms with van der Waals surface area (Å²) in [7, 11) is -1.51. The second kappa shape index (κ2) is 13.5. The highest BCUT2D eigenvalue weighted by Crippen LogP contribution is 2.34. The van der Waals surface area contributed by atoms with Gasteiger partial charge in [-0.25, -0.2) is 22.8 Å². The minimum absolute atomic E-state index is 0.0255. The molecule has 0 unspecified atom stereocenters. The van der Waals surface area contributed by atoms with Crippen LogP contribution in [0.5, 0.6) is 0 Å². The summed E-state index contributed by atoms with van der Waals surface area (Å²) in [6.07, 6.45) is 5.14. The Bertz CT molecular complexity index is 1760. The number of aromatic nitrogens is 3. The number of pyridine rings is 1. The van der Waals surface area contributed by atoms with E-state index in [0.29, 0.717) is 17.7 Å². The Labute approximate surface area is 267 Å². The van der Waals surface area contributed by atoms with Gasteiger partial charge in [-0.2, -0.15) is 9.46 Å². The van der Waals surface area contributed by atoms with Crippen molar-refractivity contribution in [3.8, 4) is 11.1 Å². The Kier molecular flexibility index (Phi) is 10.1. The highest BCUT2D eigenvalue weighted by atomic mass is 32.2. The number of nitrogens with one attached hydrogen (secondary N) is 2. The Morgan fingerprint density at radius 3 is 2.57 bits per heavy atom. The van der Waals surface area contributed by atoms with Crippen LogP contribution >= 0.6 is 0 Å². The van der Waals surface area contributed by atoms with Crippen molar-refractivity contribution in [2.75, 3.05) is 36.1 Å². The monoisotopic (exact) mass is 659 g/mol. The van der Waals surface area contributed by atoms with Crippen molar-refractivity contribution < 1.29 is 32.1 Å². The average Bonchev–Trinajstić information content (AvgIpc) is 3.29. The van der Waals surface area contributed by atoms with Gasteiger partial charge in [-0.3, -0.25) is 14.3 Å². The first kappa shape index (κ1) is 34.5. The number of hydrogen-bond donors (Lipinski definition) is 2. The molecule has 4 rings (SSSR count). The fourth-order valence-corrected chi connectivity index (χ4v) is 6.21. The quantitative estimate of drug-likeness (QED) is 0.353. The maximum absolute atomic E-state index is 14.2. The van der Waals surface area contributed by atoms with Gasteiger partial charge < -0.3 is 20.3 Å². The molecule has 0 saturated carbocycles. The van der Waals surface area contributed by atoms with E-state index in [1.165, 1.54) is 18.4 Å². The number of benzene rings is 1. The molecule has 0 bridgehead atoms. The molecule has 3 aromatic rings. The number of nitrogens with zero attached hydrogens (tertiary/aromatic N) is 5. The predicted octanol–water partition coefficient (Wildman–Crippen LogP) is 5.18. The van der Waals surface area contributed by atoms with Crippen molar-refractivity contribution in [2.45, 2.75) is 63.4 Å². The molecule has 46 heavy (non-hydrogen) atoms. The van der Waals surface area contributed by atoms with Crippen LogP contribution in [0.3, 0.4) is 0 Å². The van der Waals surface area contributed by atoms with Crippen molar-refractivity contribution >= 4 is 39.1 Å². The number of carbonyl (C=O) groups excluding carboxylic acids is 3. The lowest BCUT2D eigenvalue weighted by Gasteiger charge is -2.26. The summed E-state index contributed by atoms with van der Waals surface area (Å²) in [5.74, 6) is -3.88. The molecule has 0 aliphatic carbocycles. The second-order valence-corrected chi connectivity index (χ2v) is 14.5. The number of hydrogen-bond acceptors (Lipinski definition) is 8. The van der Waals surface area contributed by atoms with Gasteiger partial charge in [0, 0.05) is 73.3 Å². The third-order valence-corrected chi connectivity index (χ3v) is 8.85. The van der Waals surface area contributed by atoms with Gasteiger partial charge in [-0.15, -0.1) is 0 Å². The van der Waals surface area contributed by atoms with Crippen LogP contribution in [0.1, 0.15) is 56.0 Å². The van der Waals surface area contributed by atoms with E-state index in [-0.39, 0.29) is 47.8 Å². The summed E-state index contributed by atoms with van der Waals surface area (Å²) in [4.78, 5) is 44.7. The summed E-state index contributed by atoms with van der Waals surface area (Å²) in [6, 6.07) is 6.09. The summed E-state index contributed by atoms with van der Waals surface area (Å²) in [5, 5.41) is 9.32. The zero-order chi connectivity index (χ0) is 33.9. The van der Waals surface area contributed by atoms with Gasteiger partial charge in [0.05, 0.1) is 21.5 Å². The number of anilines is 2. The summed E-state index contributed by atoms with van der Waals surface area (Å²) in [5.41, 5.74) is 1.69. The Morgan fingerprint density at radius 2 is 1.89 bits per heavy atom. The van der Waals surface area contributed by atoms with Gasteiger partial charge in [0.1, 0.15) is 18.0 Å². The number of halogens is 2. The molecule has 1 atom stereocenters. The van der Waals surface area contributed by atoms with Crippen molar-refractivity contribution in [2.24, 2.45) is 11.4 Å². The van der Waals surface area contributed by atoms with E-state index in [1.807, 2.05) is 0 Å². The lowest BCUT2D eigenvalue weighted by Crippen LogP contribution is -2.35. The number of ether oxygens (including phenoxy) is 1.